The van der Waals surface area contributed by atoms with Crippen LogP contribution in [0.25, 0.3) is 0 Å². The fraction of sp³-hybridized carbons (Fsp3) is 0.615. The van der Waals surface area contributed by atoms with Crippen molar-refractivity contribution in [1.29, 1.82) is 0 Å². The molecular weight excluding hydrogens is 256 g/mol. The first-order valence-electron chi connectivity index (χ1n) is 7.06. The van der Waals surface area contributed by atoms with Gasteiger partial charge in [0.25, 0.3) is 5.91 Å². The van der Waals surface area contributed by atoms with E-state index in [9.17, 15) is 4.79 Å². The minimum atomic E-state index is -0.0489. The van der Waals surface area contributed by atoms with Gasteiger partial charge < -0.3 is 10.3 Å². The van der Waals surface area contributed by atoms with Crippen LogP contribution >= 0.6 is 0 Å². The van der Waals surface area contributed by atoms with Crippen LogP contribution in [0.3, 0.4) is 0 Å². The average Bonchev–Trinajstić information content (AvgIpc) is 3.31. The fourth-order valence-corrected chi connectivity index (χ4v) is 2.47. The highest BCUT2D eigenvalue weighted by Crippen LogP contribution is 2.29. The molecule has 7 nitrogen and oxygen atoms in total. The number of nitrogens with one attached hydrogen (secondary N) is 1. The van der Waals surface area contributed by atoms with E-state index in [1.165, 1.54) is 31.8 Å². The minimum Gasteiger partial charge on any atom is -0.335 e. The van der Waals surface area contributed by atoms with E-state index in [-0.39, 0.29) is 5.91 Å². The lowest BCUT2D eigenvalue weighted by Crippen LogP contribution is -2.49. The summed E-state index contributed by atoms with van der Waals surface area (Å²) in [5, 5.41) is 0. The fourth-order valence-electron chi connectivity index (χ4n) is 2.47. The second-order valence-corrected chi connectivity index (χ2v) is 5.47. The van der Waals surface area contributed by atoms with E-state index in [2.05, 4.69) is 20.3 Å². The summed E-state index contributed by atoms with van der Waals surface area (Å²) in [7, 11) is 0. The molecule has 0 atom stereocenters. The highest BCUT2D eigenvalue weighted by atomic mass is 16.2. The lowest BCUT2D eigenvalue weighted by molar-refractivity contribution is 0.0626. The molecular formula is C13H20N6O. The van der Waals surface area contributed by atoms with Crippen LogP contribution < -0.4 is 11.3 Å². The number of hydrogen-bond acceptors (Lipinski definition) is 6. The summed E-state index contributed by atoms with van der Waals surface area (Å²) in [6, 6.07) is 0. The maximum absolute atomic E-state index is 12.3. The van der Waals surface area contributed by atoms with Crippen molar-refractivity contribution in [3.05, 3.63) is 18.1 Å². The highest BCUT2D eigenvalue weighted by molar-refractivity contribution is 5.92. The normalized spacial score (nSPS) is 19.9. The predicted molar refractivity (Wildman–Crippen MR) is 74.9 cm³/mol. The van der Waals surface area contributed by atoms with Gasteiger partial charge in [0.2, 0.25) is 0 Å². The van der Waals surface area contributed by atoms with E-state index in [0.717, 1.165) is 32.1 Å². The Hall–Kier alpha value is -1.73. The van der Waals surface area contributed by atoms with Crippen LogP contribution in [0.2, 0.25) is 0 Å². The molecule has 3 rings (SSSR count). The van der Waals surface area contributed by atoms with Gasteiger partial charge in [0.1, 0.15) is 5.69 Å². The zero-order chi connectivity index (χ0) is 13.9. The first kappa shape index (κ1) is 13.3. The van der Waals surface area contributed by atoms with Crippen LogP contribution in [0.15, 0.2) is 12.4 Å². The van der Waals surface area contributed by atoms with Gasteiger partial charge in [0, 0.05) is 32.7 Å². The van der Waals surface area contributed by atoms with Gasteiger partial charge in [-0.05, 0) is 18.8 Å². The zero-order valence-electron chi connectivity index (χ0n) is 11.5. The third-order valence-corrected chi connectivity index (χ3v) is 3.89. The van der Waals surface area contributed by atoms with Crippen molar-refractivity contribution in [1.82, 2.24) is 19.8 Å². The second-order valence-electron chi connectivity index (χ2n) is 5.47. The zero-order valence-corrected chi connectivity index (χ0v) is 11.5. The van der Waals surface area contributed by atoms with Gasteiger partial charge in [-0.1, -0.05) is 0 Å². The first-order chi connectivity index (χ1) is 9.76. The van der Waals surface area contributed by atoms with Gasteiger partial charge in [-0.25, -0.2) is 15.8 Å². The molecule has 1 aliphatic heterocycles. The Bertz CT molecular complexity index is 464. The topological polar surface area (TPSA) is 87.4 Å². The van der Waals surface area contributed by atoms with Crippen molar-refractivity contribution in [2.24, 2.45) is 11.8 Å². The Kier molecular flexibility index (Phi) is 3.79. The van der Waals surface area contributed by atoms with Crippen molar-refractivity contribution >= 4 is 11.7 Å². The number of nitrogens with zero attached hydrogens (tertiary/aromatic N) is 4. The molecule has 1 saturated heterocycles. The third kappa shape index (κ3) is 3.05. The van der Waals surface area contributed by atoms with E-state index in [1.54, 1.807) is 0 Å². The summed E-state index contributed by atoms with van der Waals surface area (Å²) in [4.78, 5) is 24.7. The summed E-state index contributed by atoms with van der Waals surface area (Å²) >= 11 is 0. The number of piperazine rings is 1. The van der Waals surface area contributed by atoms with E-state index >= 15 is 0 Å². The number of carbonyl (C=O) groups excluding carboxylic acids is 1. The summed E-state index contributed by atoms with van der Waals surface area (Å²) in [6.07, 6.45) is 5.68. The first-order valence-corrected chi connectivity index (χ1v) is 7.06. The summed E-state index contributed by atoms with van der Waals surface area (Å²) < 4.78 is 0. The van der Waals surface area contributed by atoms with Crippen molar-refractivity contribution in [3.63, 3.8) is 0 Å². The standard InChI is InChI=1S/C13H20N6O/c14-17-12-8-15-11(7-16-12)13(20)19-5-3-18(4-6-19)9-10-1-2-10/h7-8,10H,1-6,9,14H2,(H,16,17). The van der Waals surface area contributed by atoms with E-state index < -0.39 is 0 Å². The van der Waals surface area contributed by atoms with Crippen LogP contribution in [0, 0.1) is 5.92 Å². The van der Waals surface area contributed by atoms with Gasteiger partial charge in [0.05, 0.1) is 12.4 Å². The molecule has 7 heteroatoms. The monoisotopic (exact) mass is 276 g/mol. The smallest absolute Gasteiger partial charge is 0.274 e. The van der Waals surface area contributed by atoms with Crippen LogP contribution in [0.1, 0.15) is 23.3 Å². The molecule has 0 aromatic carbocycles. The number of carbonyl (C=O) groups is 1. The number of anilines is 1. The Labute approximate surface area is 118 Å². The minimum absolute atomic E-state index is 0.0489. The number of rotatable bonds is 4. The predicted octanol–water partition coefficient (Wildman–Crippen LogP) is -0.0700. The van der Waals surface area contributed by atoms with Crippen molar-refractivity contribution in [3.8, 4) is 0 Å². The maximum atomic E-state index is 12.3. The Morgan fingerprint density at radius 1 is 1.25 bits per heavy atom. The SMILES string of the molecule is NNc1cnc(C(=O)N2CCN(CC3CC3)CC2)cn1. The number of nitrogens with two attached hydrogens (primary N) is 1. The maximum Gasteiger partial charge on any atom is 0.274 e. The summed E-state index contributed by atoms with van der Waals surface area (Å²) in [6.45, 7) is 4.64. The molecule has 1 saturated carbocycles. The molecule has 0 bridgehead atoms. The Morgan fingerprint density at radius 3 is 2.55 bits per heavy atom. The van der Waals surface area contributed by atoms with Gasteiger partial charge in [-0.3, -0.25) is 9.69 Å². The van der Waals surface area contributed by atoms with Gasteiger partial charge in [0.15, 0.2) is 5.82 Å². The molecule has 1 amide bonds. The molecule has 1 aromatic heterocycles. The average molecular weight is 276 g/mol. The van der Waals surface area contributed by atoms with Crippen LogP contribution in [-0.4, -0.2) is 58.4 Å². The number of aromatic nitrogens is 2. The number of amides is 1. The van der Waals surface area contributed by atoms with Crippen molar-refractivity contribution in [2.45, 2.75) is 12.8 Å². The summed E-state index contributed by atoms with van der Waals surface area (Å²) in [5.41, 5.74) is 2.77. The summed E-state index contributed by atoms with van der Waals surface area (Å²) in [5.74, 6) is 6.53. The van der Waals surface area contributed by atoms with Crippen LogP contribution in [-0.2, 0) is 0 Å². The molecule has 2 aliphatic rings. The van der Waals surface area contributed by atoms with Gasteiger partial charge in [-0.2, -0.15) is 0 Å². The van der Waals surface area contributed by atoms with Crippen LogP contribution in [0.5, 0.6) is 0 Å². The number of hydrazine groups is 1. The second kappa shape index (κ2) is 5.72. The highest BCUT2D eigenvalue weighted by Gasteiger charge is 2.28. The van der Waals surface area contributed by atoms with Crippen LogP contribution in [0.4, 0.5) is 5.82 Å². The van der Waals surface area contributed by atoms with E-state index in [1.807, 2.05) is 4.90 Å². The quantitative estimate of drug-likeness (QED) is 0.591. The molecule has 2 fully saturated rings. The molecule has 108 valence electrons. The lowest BCUT2D eigenvalue weighted by atomic mass is 10.2. The number of nitrogen functional groups attached to an aromatic ring is 1. The van der Waals surface area contributed by atoms with Crippen molar-refractivity contribution < 1.29 is 4.79 Å². The Morgan fingerprint density at radius 2 is 2.00 bits per heavy atom. The molecule has 3 N–H and O–H groups in total. The molecule has 0 spiro atoms. The van der Waals surface area contributed by atoms with Crippen molar-refractivity contribution in [2.75, 3.05) is 38.1 Å². The Balaban J connectivity index is 1.54. The molecule has 20 heavy (non-hydrogen) atoms. The molecule has 0 radical (unpaired) electrons. The van der Waals surface area contributed by atoms with E-state index in [4.69, 9.17) is 5.84 Å². The molecule has 2 heterocycles. The molecule has 1 aliphatic carbocycles. The molecule has 0 unspecified atom stereocenters. The largest absolute Gasteiger partial charge is 0.335 e. The number of hydrogen-bond donors (Lipinski definition) is 2. The van der Waals surface area contributed by atoms with E-state index in [0.29, 0.717) is 11.5 Å². The van der Waals surface area contributed by atoms with Gasteiger partial charge in [-0.15, -0.1) is 0 Å². The lowest BCUT2D eigenvalue weighted by Gasteiger charge is -2.34. The third-order valence-electron chi connectivity index (χ3n) is 3.89. The molecule has 1 aromatic rings. The van der Waals surface area contributed by atoms with Gasteiger partial charge >= 0.3 is 0 Å².